The van der Waals surface area contributed by atoms with Crippen LogP contribution in [0.5, 0.6) is 11.5 Å². The van der Waals surface area contributed by atoms with Crippen LogP contribution in [0, 0.1) is 18.3 Å². The Morgan fingerprint density at radius 3 is 2.72 bits per heavy atom. The van der Waals surface area contributed by atoms with E-state index in [2.05, 4.69) is 6.07 Å². The molecule has 0 aliphatic heterocycles. The first-order chi connectivity index (χ1) is 17.6. The lowest BCUT2D eigenvalue weighted by Crippen LogP contribution is -1.97. The summed E-state index contributed by atoms with van der Waals surface area (Å²) in [6.07, 6.45) is 3.99. The summed E-state index contributed by atoms with van der Waals surface area (Å²) < 4.78 is 19.8. The molecule has 2 aromatic carbocycles. The van der Waals surface area contributed by atoms with Crippen molar-refractivity contribution in [1.82, 2.24) is 14.4 Å². The summed E-state index contributed by atoms with van der Waals surface area (Å²) in [7, 11) is 1.61. The standard InChI is InChI=1S/C28H20N4O3S/c1-17-3-8-27-31-23(14-32(27)13-17)26-11-22-24(9-21(33-2)10-25(22)35-26)34-15-20-16-36-28(30-20)19-6-4-18(12-29)5-7-19/h3-11,13-14,16H,15H2,1-2H3. The zero-order valence-electron chi connectivity index (χ0n) is 19.6. The first-order valence-electron chi connectivity index (χ1n) is 11.2. The molecule has 176 valence electrons. The lowest BCUT2D eigenvalue weighted by atomic mass is 10.1. The number of methoxy groups -OCH3 is 1. The van der Waals surface area contributed by atoms with Crippen LogP contribution in [0.25, 0.3) is 38.6 Å². The van der Waals surface area contributed by atoms with E-state index in [9.17, 15) is 0 Å². The van der Waals surface area contributed by atoms with Crippen LogP contribution in [-0.2, 0) is 6.61 Å². The van der Waals surface area contributed by atoms with E-state index in [0.717, 1.165) is 38.6 Å². The average molecular weight is 493 g/mol. The van der Waals surface area contributed by atoms with Gasteiger partial charge in [0.05, 0.1) is 29.8 Å². The van der Waals surface area contributed by atoms with Crippen molar-refractivity contribution in [3.05, 3.63) is 89.2 Å². The van der Waals surface area contributed by atoms with Gasteiger partial charge in [0.25, 0.3) is 0 Å². The van der Waals surface area contributed by atoms with Crippen molar-refractivity contribution in [2.75, 3.05) is 7.11 Å². The number of nitriles is 1. The topological polar surface area (TPSA) is 85.6 Å². The number of hydrogen-bond acceptors (Lipinski definition) is 7. The highest BCUT2D eigenvalue weighted by Crippen LogP contribution is 2.37. The Hall–Kier alpha value is -4.61. The number of aromatic nitrogens is 3. The van der Waals surface area contributed by atoms with Gasteiger partial charge in [-0.05, 0) is 36.8 Å². The van der Waals surface area contributed by atoms with Crippen molar-refractivity contribution in [3.8, 4) is 39.6 Å². The van der Waals surface area contributed by atoms with Gasteiger partial charge in [0.1, 0.15) is 40.0 Å². The Bertz CT molecular complexity index is 1760. The second-order valence-corrected chi connectivity index (χ2v) is 9.23. The molecule has 0 amide bonds. The predicted molar refractivity (Wildman–Crippen MR) is 138 cm³/mol. The quantitative estimate of drug-likeness (QED) is 0.259. The molecule has 0 unspecified atom stereocenters. The smallest absolute Gasteiger partial charge is 0.155 e. The highest BCUT2D eigenvalue weighted by Gasteiger charge is 2.16. The minimum atomic E-state index is 0.295. The van der Waals surface area contributed by atoms with Crippen LogP contribution in [0.2, 0.25) is 0 Å². The normalized spacial score (nSPS) is 11.1. The molecular formula is C28H20N4O3S. The molecule has 0 spiro atoms. The van der Waals surface area contributed by atoms with Crippen LogP contribution in [0.4, 0.5) is 0 Å². The van der Waals surface area contributed by atoms with Crippen LogP contribution in [0.3, 0.4) is 0 Å². The van der Waals surface area contributed by atoms with Crippen molar-refractivity contribution in [2.45, 2.75) is 13.5 Å². The summed E-state index contributed by atoms with van der Waals surface area (Å²) in [5.74, 6) is 1.94. The van der Waals surface area contributed by atoms with Crippen LogP contribution < -0.4 is 9.47 Å². The second-order valence-electron chi connectivity index (χ2n) is 8.37. The Morgan fingerprint density at radius 1 is 1.06 bits per heavy atom. The third kappa shape index (κ3) is 4.06. The number of ether oxygens (including phenoxy) is 2. The van der Waals surface area contributed by atoms with E-state index >= 15 is 0 Å². The molecule has 7 nitrogen and oxygen atoms in total. The third-order valence-corrected chi connectivity index (χ3v) is 6.79. The zero-order chi connectivity index (χ0) is 24.6. The summed E-state index contributed by atoms with van der Waals surface area (Å²) in [6, 6.07) is 19.2. The Morgan fingerprint density at radius 2 is 1.92 bits per heavy atom. The first-order valence-corrected chi connectivity index (χ1v) is 12.1. The van der Waals surface area contributed by atoms with Crippen LogP contribution in [0.1, 0.15) is 16.8 Å². The van der Waals surface area contributed by atoms with E-state index in [-0.39, 0.29) is 0 Å². The number of imidazole rings is 1. The predicted octanol–water partition coefficient (Wildman–Crippen LogP) is 6.64. The van der Waals surface area contributed by atoms with Crippen LogP contribution >= 0.6 is 11.3 Å². The molecule has 6 aromatic rings. The summed E-state index contributed by atoms with van der Waals surface area (Å²) in [5, 5.41) is 12.7. The fraction of sp³-hybridized carbons (Fsp3) is 0.107. The summed E-state index contributed by atoms with van der Waals surface area (Å²) in [4.78, 5) is 9.40. The van der Waals surface area contributed by atoms with Crippen molar-refractivity contribution in [1.29, 1.82) is 5.26 Å². The SMILES string of the molecule is COc1cc(OCc2csc(-c3ccc(C#N)cc3)n2)c2cc(-c3cn4cc(C)ccc4n3)oc2c1. The first kappa shape index (κ1) is 21.9. The van der Waals surface area contributed by atoms with E-state index < -0.39 is 0 Å². The van der Waals surface area contributed by atoms with Gasteiger partial charge in [-0.1, -0.05) is 18.2 Å². The van der Waals surface area contributed by atoms with Gasteiger partial charge in [-0.3, -0.25) is 0 Å². The van der Waals surface area contributed by atoms with Crippen LogP contribution in [0.15, 0.2) is 76.8 Å². The number of furan rings is 1. The maximum Gasteiger partial charge on any atom is 0.155 e. The minimum Gasteiger partial charge on any atom is -0.496 e. The molecule has 0 radical (unpaired) electrons. The van der Waals surface area contributed by atoms with E-state index in [1.807, 2.05) is 71.6 Å². The van der Waals surface area contributed by atoms with E-state index in [1.54, 1.807) is 19.2 Å². The molecule has 0 N–H and O–H groups in total. The molecule has 4 aromatic heterocycles. The molecule has 0 aliphatic carbocycles. The highest BCUT2D eigenvalue weighted by molar-refractivity contribution is 7.13. The van der Waals surface area contributed by atoms with Gasteiger partial charge in [0, 0.05) is 35.5 Å². The fourth-order valence-electron chi connectivity index (χ4n) is 4.01. The number of nitrogens with zero attached hydrogens (tertiary/aromatic N) is 4. The molecule has 8 heteroatoms. The number of pyridine rings is 1. The van der Waals surface area contributed by atoms with Crippen molar-refractivity contribution >= 4 is 28.0 Å². The number of fused-ring (bicyclic) bond motifs is 2. The Kier molecular flexibility index (Phi) is 5.40. The van der Waals surface area contributed by atoms with Gasteiger partial charge in [-0.2, -0.15) is 5.26 Å². The van der Waals surface area contributed by atoms with Gasteiger partial charge < -0.3 is 18.3 Å². The molecule has 4 heterocycles. The second kappa shape index (κ2) is 8.87. The maximum absolute atomic E-state index is 9.00. The monoisotopic (exact) mass is 492 g/mol. The molecule has 6 rings (SSSR count). The fourth-order valence-corrected chi connectivity index (χ4v) is 4.82. The largest absolute Gasteiger partial charge is 0.496 e. The van der Waals surface area contributed by atoms with E-state index in [1.165, 1.54) is 11.3 Å². The Labute approximate surface area is 210 Å². The van der Waals surface area contributed by atoms with Gasteiger partial charge in [-0.25, -0.2) is 9.97 Å². The number of hydrogen-bond donors (Lipinski definition) is 0. The molecule has 0 fully saturated rings. The van der Waals surface area contributed by atoms with Gasteiger partial charge in [-0.15, -0.1) is 11.3 Å². The van der Waals surface area contributed by atoms with Crippen molar-refractivity contribution in [3.63, 3.8) is 0 Å². The molecule has 0 saturated carbocycles. The van der Waals surface area contributed by atoms with E-state index in [4.69, 9.17) is 29.1 Å². The molecule has 0 atom stereocenters. The molecular weight excluding hydrogens is 472 g/mol. The number of benzene rings is 2. The minimum absolute atomic E-state index is 0.295. The highest BCUT2D eigenvalue weighted by atomic mass is 32.1. The maximum atomic E-state index is 9.00. The summed E-state index contributed by atoms with van der Waals surface area (Å²) in [6.45, 7) is 2.34. The summed E-state index contributed by atoms with van der Waals surface area (Å²) >= 11 is 1.54. The third-order valence-electron chi connectivity index (χ3n) is 5.85. The lowest BCUT2D eigenvalue weighted by molar-refractivity contribution is 0.303. The van der Waals surface area contributed by atoms with E-state index in [0.29, 0.717) is 35.0 Å². The lowest BCUT2D eigenvalue weighted by Gasteiger charge is -2.07. The number of thiazole rings is 1. The molecule has 36 heavy (non-hydrogen) atoms. The van der Waals surface area contributed by atoms with Gasteiger partial charge in [0.15, 0.2) is 5.76 Å². The van der Waals surface area contributed by atoms with Gasteiger partial charge >= 0.3 is 0 Å². The summed E-state index contributed by atoms with van der Waals surface area (Å²) in [5.41, 5.74) is 5.81. The molecule has 0 bridgehead atoms. The van der Waals surface area contributed by atoms with Crippen LogP contribution in [-0.4, -0.2) is 21.5 Å². The average Bonchev–Trinajstić information content (AvgIpc) is 3.64. The number of aryl methyl sites for hydroxylation is 1. The van der Waals surface area contributed by atoms with Crippen molar-refractivity contribution < 1.29 is 13.9 Å². The molecule has 0 aliphatic rings. The van der Waals surface area contributed by atoms with Gasteiger partial charge in [0.2, 0.25) is 0 Å². The number of rotatable bonds is 6. The molecule has 0 saturated heterocycles. The zero-order valence-corrected chi connectivity index (χ0v) is 20.4. The van der Waals surface area contributed by atoms with Crippen molar-refractivity contribution in [2.24, 2.45) is 0 Å². The Balaban J connectivity index is 1.29.